The van der Waals surface area contributed by atoms with Crippen molar-refractivity contribution in [3.63, 3.8) is 0 Å². The number of anilines is 2. The zero-order valence-electron chi connectivity index (χ0n) is 16.4. The quantitative estimate of drug-likeness (QED) is 0.688. The van der Waals surface area contributed by atoms with Gasteiger partial charge in [-0.2, -0.15) is 18.3 Å². The largest absolute Gasteiger partial charge is 0.416 e. The maximum atomic E-state index is 12.8. The zero-order valence-corrected chi connectivity index (χ0v) is 16.4. The van der Waals surface area contributed by atoms with Crippen molar-refractivity contribution in [3.8, 4) is 0 Å². The van der Waals surface area contributed by atoms with Crippen molar-refractivity contribution in [2.45, 2.75) is 50.0 Å². The molecule has 2 aromatic rings. The lowest BCUT2D eigenvalue weighted by atomic mass is 9.85. The van der Waals surface area contributed by atoms with Gasteiger partial charge < -0.3 is 21.7 Å². The van der Waals surface area contributed by atoms with Gasteiger partial charge in [0.1, 0.15) is 5.56 Å². The van der Waals surface area contributed by atoms with Crippen LogP contribution in [0, 0.1) is 0 Å². The highest BCUT2D eigenvalue weighted by molar-refractivity contribution is 5.98. The smallest absolute Gasteiger partial charge is 0.365 e. The summed E-state index contributed by atoms with van der Waals surface area (Å²) in [4.78, 5) is 14.4. The van der Waals surface area contributed by atoms with Crippen LogP contribution in [0.4, 0.5) is 24.7 Å². The first kappa shape index (κ1) is 20.7. The van der Waals surface area contributed by atoms with Crippen molar-refractivity contribution in [3.05, 3.63) is 41.6 Å². The molecule has 4 rings (SSSR count). The van der Waals surface area contributed by atoms with Crippen LogP contribution < -0.4 is 16.8 Å². The minimum Gasteiger partial charge on any atom is -0.365 e. The lowest BCUT2D eigenvalue weighted by Crippen LogP contribution is -2.51. The molecule has 1 saturated carbocycles. The number of aromatic nitrogens is 2. The molecule has 1 saturated heterocycles. The number of hydrogen-bond donors (Lipinski definition) is 3. The molecule has 2 fully saturated rings. The van der Waals surface area contributed by atoms with Gasteiger partial charge in [0.25, 0.3) is 5.91 Å². The van der Waals surface area contributed by atoms with E-state index >= 15 is 0 Å². The Labute approximate surface area is 172 Å². The summed E-state index contributed by atoms with van der Waals surface area (Å²) in [5.74, 6) is -0.460. The summed E-state index contributed by atoms with van der Waals surface area (Å²) in [6.45, 7) is 2.24. The van der Waals surface area contributed by atoms with Gasteiger partial charge in [0.15, 0.2) is 5.82 Å². The van der Waals surface area contributed by atoms with Crippen LogP contribution >= 0.6 is 0 Å². The number of nitrogens with two attached hydrogens (primary N) is 2. The summed E-state index contributed by atoms with van der Waals surface area (Å²) in [7, 11) is 0. The van der Waals surface area contributed by atoms with Crippen LogP contribution in [-0.2, 0) is 6.18 Å². The van der Waals surface area contributed by atoms with Crippen LogP contribution in [-0.4, -0.2) is 45.8 Å². The van der Waals surface area contributed by atoms with Crippen LogP contribution in [0.2, 0.25) is 0 Å². The summed E-state index contributed by atoms with van der Waals surface area (Å²) < 4.78 is 39.9. The van der Waals surface area contributed by atoms with Crippen molar-refractivity contribution < 1.29 is 18.0 Å². The Balaban J connectivity index is 1.51. The standard InChI is InChI=1S/C20H25F3N6O/c21-20(22,23)12-2-4-13(5-3-12)26-19-15(18(25)30)11-29(27-19)17-7-6-14(10-16(17)24)28-8-1-9-28/h2-5,11,14,16-17H,1,6-10,24H2,(H2,25,30)(H,26,27)/t14-,16+,17+/m1/s1. The molecule has 0 bridgehead atoms. The third-order valence-electron chi connectivity index (χ3n) is 6.05. The second kappa shape index (κ2) is 7.92. The van der Waals surface area contributed by atoms with E-state index in [1.54, 1.807) is 10.9 Å². The Bertz CT molecular complexity index is 906. The molecular formula is C20H25F3N6O. The lowest BCUT2D eigenvalue weighted by Gasteiger charge is -2.44. The second-order valence-corrected chi connectivity index (χ2v) is 8.02. The van der Waals surface area contributed by atoms with Gasteiger partial charge >= 0.3 is 6.18 Å². The Kier molecular flexibility index (Phi) is 5.46. The molecule has 7 nitrogen and oxygen atoms in total. The number of nitrogens with one attached hydrogen (secondary N) is 1. The van der Waals surface area contributed by atoms with Gasteiger partial charge in [-0.3, -0.25) is 9.48 Å². The van der Waals surface area contributed by atoms with Gasteiger partial charge in [0.05, 0.1) is 11.6 Å². The number of alkyl halides is 3. The SMILES string of the molecule is NC(=O)c1cn([C@H]2CC[C@@H](N3CCC3)C[C@@H]2N)nc1Nc1ccc(C(F)(F)F)cc1. The van der Waals surface area contributed by atoms with Crippen LogP contribution in [0.5, 0.6) is 0 Å². The lowest BCUT2D eigenvalue weighted by molar-refractivity contribution is -0.137. The van der Waals surface area contributed by atoms with E-state index in [2.05, 4.69) is 15.3 Å². The highest BCUT2D eigenvalue weighted by Gasteiger charge is 2.35. The van der Waals surface area contributed by atoms with E-state index in [1.165, 1.54) is 18.6 Å². The van der Waals surface area contributed by atoms with E-state index in [9.17, 15) is 18.0 Å². The molecule has 0 unspecified atom stereocenters. The Hall–Kier alpha value is -2.59. The van der Waals surface area contributed by atoms with E-state index in [1.807, 2.05) is 0 Å². The molecule has 1 aliphatic heterocycles. The van der Waals surface area contributed by atoms with E-state index in [4.69, 9.17) is 11.5 Å². The first-order valence-corrected chi connectivity index (χ1v) is 10.1. The number of rotatable bonds is 5. The van der Waals surface area contributed by atoms with Crippen LogP contribution in [0.25, 0.3) is 0 Å². The number of amides is 1. The van der Waals surface area contributed by atoms with Crippen molar-refractivity contribution in [1.82, 2.24) is 14.7 Å². The van der Waals surface area contributed by atoms with E-state index in [-0.39, 0.29) is 23.5 Å². The van der Waals surface area contributed by atoms with E-state index in [0.717, 1.165) is 44.5 Å². The van der Waals surface area contributed by atoms with Crippen molar-refractivity contribution >= 4 is 17.4 Å². The minimum atomic E-state index is -4.41. The topological polar surface area (TPSA) is 102 Å². The van der Waals surface area contributed by atoms with E-state index < -0.39 is 17.6 Å². The second-order valence-electron chi connectivity index (χ2n) is 8.02. The molecule has 162 valence electrons. The molecule has 2 aliphatic rings. The van der Waals surface area contributed by atoms with Gasteiger partial charge in [-0.1, -0.05) is 0 Å². The number of nitrogens with zero attached hydrogens (tertiary/aromatic N) is 3. The number of primary amides is 1. The number of halogens is 3. The van der Waals surface area contributed by atoms with Gasteiger partial charge in [0, 0.05) is 24.0 Å². The van der Waals surface area contributed by atoms with Crippen LogP contribution in [0.1, 0.15) is 47.6 Å². The highest BCUT2D eigenvalue weighted by Crippen LogP contribution is 2.34. The normalized spacial score (nSPS) is 25.0. The van der Waals surface area contributed by atoms with Gasteiger partial charge in [-0.25, -0.2) is 0 Å². The number of likely N-dealkylation sites (tertiary alicyclic amines) is 1. The summed E-state index contributed by atoms with van der Waals surface area (Å²) in [6.07, 6.45) is 1.09. The molecule has 1 amide bonds. The molecule has 10 heteroatoms. The first-order valence-electron chi connectivity index (χ1n) is 10.1. The summed E-state index contributed by atoms with van der Waals surface area (Å²) in [6, 6.07) is 4.83. The maximum Gasteiger partial charge on any atom is 0.416 e. The fourth-order valence-corrected chi connectivity index (χ4v) is 4.25. The van der Waals surface area contributed by atoms with Gasteiger partial charge in [-0.05, 0) is 63.0 Å². The molecule has 3 atom stereocenters. The summed E-state index contributed by atoms with van der Waals surface area (Å²) >= 11 is 0. The predicted molar refractivity (Wildman–Crippen MR) is 106 cm³/mol. The van der Waals surface area contributed by atoms with Crippen molar-refractivity contribution in [1.29, 1.82) is 0 Å². The molecule has 5 N–H and O–H groups in total. The molecule has 0 spiro atoms. The molecule has 1 aromatic carbocycles. The number of carbonyl (C=O) groups excluding carboxylic acids is 1. The molecule has 1 aromatic heterocycles. The summed E-state index contributed by atoms with van der Waals surface area (Å²) in [5, 5.41) is 7.37. The fourth-order valence-electron chi connectivity index (χ4n) is 4.25. The van der Waals surface area contributed by atoms with Crippen molar-refractivity contribution in [2.24, 2.45) is 11.5 Å². The predicted octanol–water partition coefficient (Wildman–Crippen LogP) is 2.87. The molecule has 1 aliphatic carbocycles. The average molecular weight is 422 g/mol. The van der Waals surface area contributed by atoms with Gasteiger partial charge in [-0.15, -0.1) is 0 Å². The fraction of sp³-hybridized carbons (Fsp3) is 0.500. The van der Waals surface area contributed by atoms with Crippen molar-refractivity contribution in [2.75, 3.05) is 18.4 Å². The number of carbonyl (C=O) groups is 1. The average Bonchev–Trinajstić information content (AvgIpc) is 3.04. The first-order chi connectivity index (χ1) is 14.2. The Morgan fingerprint density at radius 1 is 1.17 bits per heavy atom. The van der Waals surface area contributed by atoms with Crippen LogP contribution in [0.15, 0.2) is 30.5 Å². The number of benzene rings is 1. The third kappa shape index (κ3) is 4.15. The van der Waals surface area contributed by atoms with E-state index in [0.29, 0.717) is 11.7 Å². The number of hydrogen-bond acceptors (Lipinski definition) is 5. The Morgan fingerprint density at radius 3 is 2.40 bits per heavy atom. The minimum absolute atomic E-state index is 0.0659. The molecular weight excluding hydrogens is 397 g/mol. The zero-order chi connectivity index (χ0) is 21.5. The Morgan fingerprint density at radius 2 is 1.87 bits per heavy atom. The third-order valence-corrected chi connectivity index (χ3v) is 6.05. The monoisotopic (exact) mass is 422 g/mol. The molecule has 30 heavy (non-hydrogen) atoms. The summed E-state index contributed by atoms with van der Waals surface area (Å²) in [5.41, 5.74) is 11.7. The maximum absolute atomic E-state index is 12.8. The van der Waals surface area contributed by atoms with Crippen LogP contribution in [0.3, 0.4) is 0 Å². The highest BCUT2D eigenvalue weighted by atomic mass is 19.4. The molecule has 2 heterocycles. The van der Waals surface area contributed by atoms with Gasteiger partial charge in [0.2, 0.25) is 0 Å². The molecule has 0 radical (unpaired) electrons.